The Bertz CT molecular complexity index is 511. The number of nitrogens with zero attached hydrogens (tertiary/aromatic N) is 2. The first-order valence-corrected chi connectivity index (χ1v) is 4.98. The molecule has 3 nitrogen and oxygen atoms in total. The molecule has 0 saturated heterocycles. The second-order valence-corrected chi connectivity index (χ2v) is 3.50. The Morgan fingerprint density at radius 1 is 1.25 bits per heavy atom. The van der Waals surface area contributed by atoms with Crippen LogP contribution in [0.4, 0.5) is 10.3 Å². The molecule has 0 atom stereocenters. The van der Waals surface area contributed by atoms with E-state index in [2.05, 4.69) is 15.3 Å². The van der Waals surface area contributed by atoms with Crippen molar-refractivity contribution in [3.63, 3.8) is 0 Å². The van der Waals surface area contributed by atoms with Crippen molar-refractivity contribution in [1.82, 2.24) is 9.97 Å². The maximum atomic E-state index is 13.6. The van der Waals surface area contributed by atoms with Crippen LogP contribution in [0.15, 0.2) is 30.5 Å². The molecule has 0 fully saturated rings. The van der Waals surface area contributed by atoms with Crippen LogP contribution in [0.5, 0.6) is 0 Å². The quantitative estimate of drug-likeness (QED) is 0.840. The molecule has 0 bridgehead atoms. The summed E-state index contributed by atoms with van der Waals surface area (Å²) in [5.41, 5.74) is 2.08. The van der Waals surface area contributed by atoms with Crippen molar-refractivity contribution in [3.05, 3.63) is 41.8 Å². The summed E-state index contributed by atoms with van der Waals surface area (Å²) in [6.45, 7) is 1.92. The van der Waals surface area contributed by atoms with Crippen LogP contribution < -0.4 is 5.32 Å². The van der Waals surface area contributed by atoms with Crippen LogP contribution in [0.2, 0.25) is 0 Å². The van der Waals surface area contributed by atoms with Crippen molar-refractivity contribution < 1.29 is 4.39 Å². The smallest absolute Gasteiger partial charge is 0.222 e. The van der Waals surface area contributed by atoms with Crippen LogP contribution in [0.1, 0.15) is 5.56 Å². The molecule has 0 aliphatic heterocycles. The van der Waals surface area contributed by atoms with Gasteiger partial charge in [-0.25, -0.2) is 14.4 Å². The summed E-state index contributed by atoms with van der Waals surface area (Å²) in [5.74, 6) is 0.213. The van der Waals surface area contributed by atoms with E-state index in [1.807, 2.05) is 6.92 Å². The number of aromatic nitrogens is 2. The summed E-state index contributed by atoms with van der Waals surface area (Å²) in [6, 6.07) is 6.65. The van der Waals surface area contributed by atoms with Crippen molar-refractivity contribution in [2.45, 2.75) is 6.92 Å². The number of nitrogens with one attached hydrogen (secondary N) is 1. The van der Waals surface area contributed by atoms with Gasteiger partial charge in [0.15, 0.2) is 0 Å². The van der Waals surface area contributed by atoms with Crippen LogP contribution in [0.3, 0.4) is 0 Å². The van der Waals surface area contributed by atoms with Gasteiger partial charge in [-0.3, -0.25) is 0 Å². The third kappa shape index (κ3) is 2.00. The lowest BCUT2D eigenvalue weighted by molar-refractivity contribution is 0.630. The van der Waals surface area contributed by atoms with Gasteiger partial charge in [0.2, 0.25) is 5.95 Å². The molecule has 1 N–H and O–H groups in total. The first kappa shape index (κ1) is 10.5. The average molecular weight is 217 g/mol. The van der Waals surface area contributed by atoms with Gasteiger partial charge in [-0.05, 0) is 25.1 Å². The molecule has 82 valence electrons. The number of hydrogen-bond acceptors (Lipinski definition) is 3. The van der Waals surface area contributed by atoms with E-state index in [0.29, 0.717) is 17.2 Å². The van der Waals surface area contributed by atoms with Crippen LogP contribution in [-0.4, -0.2) is 17.0 Å². The van der Waals surface area contributed by atoms with Gasteiger partial charge in [0.05, 0.1) is 5.69 Å². The monoisotopic (exact) mass is 217 g/mol. The van der Waals surface area contributed by atoms with E-state index in [1.165, 1.54) is 6.07 Å². The average Bonchev–Trinajstić information content (AvgIpc) is 2.32. The standard InChI is InChI=1S/C12H12FN3/c1-8-3-4-10(13)9(7-8)11-5-6-15-12(14-2)16-11/h3-7H,1-2H3,(H,14,15,16). The SMILES string of the molecule is CNc1nccc(-c2cc(C)ccc2F)n1. The van der Waals surface area contributed by atoms with Gasteiger partial charge in [0, 0.05) is 18.8 Å². The van der Waals surface area contributed by atoms with Crippen LogP contribution in [0, 0.1) is 12.7 Å². The highest BCUT2D eigenvalue weighted by Crippen LogP contribution is 2.22. The van der Waals surface area contributed by atoms with Gasteiger partial charge >= 0.3 is 0 Å². The minimum Gasteiger partial charge on any atom is -0.357 e. The molecule has 2 rings (SSSR count). The Morgan fingerprint density at radius 2 is 2.06 bits per heavy atom. The third-order valence-electron chi connectivity index (χ3n) is 2.28. The fourth-order valence-corrected chi connectivity index (χ4v) is 1.46. The van der Waals surface area contributed by atoms with E-state index in [1.54, 1.807) is 31.4 Å². The molecule has 1 aromatic carbocycles. The predicted octanol–water partition coefficient (Wildman–Crippen LogP) is 2.63. The molecule has 0 saturated carbocycles. The van der Waals surface area contributed by atoms with Gasteiger partial charge in [-0.1, -0.05) is 11.6 Å². The molecule has 1 heterocycles. The molecule has 16 heavy (non-hydrogen) atoms. The van der Waals surface area contributed by atoms with E-state index in [-0.39, 0.29) is 5.82 Å². The summed E-state index contributed by atoms with van der Waals surface area (Å²) in [6.07, 6.45) is 1.61. The molecule has 0 spiro atoms. The first-order chi connectivity index (χ1) is 7.70. The summed E-state index contributed by atoms with van der Waals surface area (Å²) in [7, 11) is 1.73. The number of hydrogen-bond donors (Lipinski definition) is 1. The van der Waals surface area contributed by atoms with Gasteiger partial charge in [0.25, 0.3) is 0 Å². The Hall–Kier alpha value is -1.97. The molecular weight excluding hydrogens is 205 g/mol. The van der Waals surface area contributed by atoms with Gasteiger partial charge < -0.3 is 5.32 Å². The van der Waals surface area contributed by atoms with Crippen LogP contribution >= 0.6 is 0 Å². The molecule has 4 heteroatoms. The minimum atomic E-state index is -0.272. The van der Waals surface area contributed by atoms with Crippen molar-refractivity contribution in [2.75, 3.05) is 12.4 Å². The highest BCUT2D eigenvalue weighted by Gasteiger charge is 2.07. The zero-order valence-electron chi connectivity index (χ0n) is 9.16. The molecule has 2 aromatic rings. The molecule has 0 amide bonds. The zero-order chi connectivity index (χ0) is 11.5. The van der Waals surface area contributed by atoms with Crippen LogP contribution in [-0.2, 0) is 0 Å². The summed E-state index contributed by atoms with van der Waals surface area (Å²) >= 11 is 0. The van der Waals surface area contributed by atoms with E-state index in [0.717, 1.165) is 5.56 Å². The lowest BCUT2D eigenvalue weighted by atomic mass is 10.1. The molecule has 0 aliphatic rings. The molecule has 0 radical (unpaired) electrons. The summed E-state index contributed by atoms with van der Waals surface area (Å²) in [4.78, 5) is 8.19. The zero-order valence-corrected chi connectivity index (χ0v) is 9.16. The highest BCUT2D eigenvalue weighted by molar-refractivity contribution is 5.61. The molecule has 1 aromatic heterocycles. The van der Waals surface area contributed by atoms with Crippen LogP contribution in [0.25, 0.3) is 11.3 Å². The Balaban J connectivity index is 2.53. The second-order valence-electron chi connectivity index (χ2n) is 3.50. The van der Waals surface area contributed by atoms with E-state index >= 15 is 0 Å². The molecular formula is C12H12FN3. The van der Waals surface area contributed by atoms with Crippen molar-refractivity contribution in [1.29, 1.82) is 0 Å². The summed E-state index contributed by atoms with van der Waals surface area (Å²) < 4.78 is 13.6. The lowest BCUT2D eigenvalue weighted by Gasteiger charge is -2.05. The third-order valence-corrected chi connectivity index (χ3v) is 2.28. The fraction of sp³-hybridized carbons (Fsp3) is 0.167. The first-order valence-electron chi connectivity index (χ1n) is 4.98. The Labute approximate surface area is 93.4 Å². The maximum absolute atomic E-state index is 13.6. The molecule has 0 aliphatic carbocycles. The van der Waals surface area contributed by atoms with Gasteiger partial charge in [-0.15, -0.1) is 0 Å². The normalized spacial score (nSPS) is 10.2. The summed E-state index contributed by atoms with van der Waals surface area (Å²) in [5, 5.41) is 2.83. The van der Waals surface area contributed by atoms with Gasteiger partial charge in [-0.2, -0.15) is 0 Å². The number of benzene rings is 1. The maximum Gasteiger partial charge on any atom is 0.222 e. The van der Waals surface area contributed by atoms with E-state index in [4.69, 9.17) is 0 Å². The second kappa shape index (κ2) is 4.26. The van der Waals surface area contributed by atoms with Gasteiger partial charge in [0.1, 0.15) is 5.82 Å². The number of aryl methyl sites for hydroxylation is 1. The lowest BCUT2D eigenvalue weighted by Crippen LogP contribution is -1.97. The van der Waals surface area contributed by atoms with Crippen molar-refractivity contribution >= 4 is 5.95 Å². The van der Waals surface area contributed by atoms with Crippen molar-refractivity contribution in [3.8, 4) is 11.3 Å². The Kier molecular flexibility index (Phi) is 2.81. The topological polar surface area (TPSA) is 37.8 Å². The van der Waals surface area contributed by atoms with E-state index < -0.39 is 0 Å². The Morgan fingerprint density at radius 3 is 2.81 bits per heavy atom. The minimum absolute atomic E-state index is 0.272. The molecule has 0 unspecified atom stereocenters. The van der Waals surface area contributed by atoms with E-state index in [9.17, 15) is 4.39 Å². The predicted molar refractivity (Wildman–Crippen MR) is 61.7 cm³/mol. The number of anilines is 1. The number of halogens is 1. The highest BCUT2D eigenvalue weighted by atomic mass is 19.1. The fourth-order valence-electron chi connectivity index (χ4n) is 1.46. The number of rotatable bonds is 2. The van der Waals surface area contributed by atoms with Crippen molar-refractivity contribution in [2.24, 2.45) is 0 Å². The largest absolute Gasteiger partial charge is 0.357 e.